The first-order chi connectivity index (χ1) is 14.6. The highest BCUT2D eigenvalue weighted by molar-refractivity contribution is 6.32. The zero-order valence-corrected chi connectivity index (χ0v) is 17.5. The van der Waals surface area contributed by atoms with Gasteiger partial charge in [-0.15, -0.1) is 0 Å². The summed E-state index contributed by atoms with van der Waals surface area (Å²) < 4.78 is 11.7. The Morgan fingerprint density at radius 2 is 1.93 bits per heavy atom. The van der Waals surface area contributed by atoms with Gasteiger partial charge in [-0.2, -0.15) is 5.10 Å². The summed E-state index contributed by atoms with van der Waals surface area (Å²) in [6.07, 6.45) is 4.59. The Balaban J connectivity index is 1.73. The normalized spacial score (nSPS) is 10.8. The number of halogens is 1. The second-order valence-electron chi connectivity index (χ2n) is 6.41. The molecule has 6 nitrogen and oxygen atoms in total. The van der Waals surface area contributed by atoms with Gasteiger partial charge in [0.2, 0.25) is 0 Å². The molecular weight excluding hydrogens is 402 g/mol. The molecule has 1 aromatic heterocycles. The highest BCUT2D eigenvalue weighted by atomic mass is 35.5. The fourth-order valence-corrected chi connectivity index (χ4v) is 2.99. The molecule has 3 aromatic rings. The molecule has 0 radical (unpaired) electrons. The molecule has 30 heavy (non-hydrogen) atoms. The monoisotopic (exact) mass is 423 g/mol. The standard InChI is InChI=1S/C23H22ClN3O3/c1-3-29-21-13-17(14-26-27-23(28)18-8-10-25-11-9-18)12-20(24)22(21)30-15-19-7-5-4-6-16(19)2/h4-14H,3,15H2,1-2H3,(H,27,28). The number of nitrogens with zero attached hydrogens (tertiary/aromatic N) is 2. The van der Waals surface area contributed by atoms with Gasteiger partial charge in [0.15, 0.2) is 11.5 Å². The molecule has 7 heteroatoms. The summed E-state index contributed by atoms with van der Waals surface area (Å²) in [4.78, 5) is 15.9. The van der Waals surface area contributed by atoms with Gasteiger partial charge in [-0.05, 0) is 54.8 Å². The van der Waals surface area contributed by atoms with Gasteiger partial charge in [0.25, 0.3) is 5.91 Å². The van der Waals surface area contributed by atoms with E-state index in [0.717, 1.165) is 11.1 Å². The Kier molecular flexibility index (Phi) is 7.40. The predicted molar refractivity (Wildman–Crippen MR) is 117 cm³/mol. The summed E-state index contributed by atoms with van der Waals surface area (Å²) in [6.45, 7) is 4.75. The summed E-state index contributed by atoms with van der Waals surface area (Å²) in [5.41, 5.74) is 5.82. The molecule has 0 aliphatic carbocycles. The van der Waals surface area contributed by atoms with E-state index in [9.17, 15) is 4.79 Å². The molecule has 0 saturated carbocycles. The number of ether oxygens (including phenoxy) is 2. The van der Waals surface area contributed by atoms with Crippen LogP contribution in [0.4, 0.5) is 0 Å². The first kappa shape index (κ1) is 21.3. The van der Waals surface area contributed by atoms with Crippen molar-refractivity contribution in [2.45, 2.75) is 20.5 Å². The molecule has 0 atom stereocenters. The lowest BCUT2D eigenvalue weighted by molar-refractivity contribution is 0.0955. The number of rotatable bonds is 8. The zero-order valence-electron chi connectivity index (χ0n) is 16.8. The van der Waals surface area contributed by atoms with Gasteiger partial charge in [0.1, 0.15) is 6.61 Å². The van der Waals surface area contributed by atoms with Crippen LogP contribution in [0.1, 0.15) is 34.0 Å². The largest absolute Gasteiger partial charge is 0.490 e. The highest BCUT2D eigenvalue weighted by Crippen LogP contribution is 2.37. The van der Waals surface area contributed by atoms with Gasteiger partial charge in [0.05, 0.1) is 17.8 Å². The Morgan fingerprint density at radius 3 is 2.67 bits per heavy atom. The van der Waals surface area contributed by atoms with Crippen molar-refractivity contribution in [1.29, 1.82) is 0 Å². The van der Waals surface area contributed by atoms with E-state index in [1.807, 2.05) is 38.1 Å². The highest BCUT2D eigenvalue weighted by Gasteiger charge is 2.13. The number of hydrogen-bond acceptors (Lipinski definition) is 5. The van der Waals surface area contributed by atoms with Gasteiger partial charge in [-0.1, -0.05) is 35.9 Å². The summed E-state index contributed by atoms with van der Waals surface area (Å²) in [5, 5.41) is 4.39. The molecule has 154 valence electrons. The maximum absolute atomic E-state index is 12.0. The van der Waals surface area contributed by atoms with Crippen LogP contribution in [0.25, 0.3) is 0 Å². The van der Waals surface area contributed by atoms with Gasteiger partial charge in [-0.25, -0.2) is 5.43 Å². The van der Waals surface area contributed by atoms with Crippen molar-refractivity contribution in [3.63, 3.8) is 0 Å². The van der Waals surface area contributed by atoms with Crippen LogP contribution in [0, 0.1) is 6.92 Å². The maximum Gasteiger partial charge on any atom is 0.271 e. The molecule has 1 N–H and O–H groups in total. The molecule has 1 amide bonds. The SMILES string of the molecule is CCOc1cc(C=NNC(=O)c2ccncc2)cc(Cl)c1OCc1ccccc1C. The van der Waals surface area contributed by atoms with Crippen LogP contribution in [0.3, 0.4) is 0 Å². The number of carbonyl (C=O) groups excluding carboxylic acids is 1. The number of nitrogens with one attached hydrogen (secondary N) is 1. The van der Waals surface area contributed by atoms with Gasteiger partial charge in [-0.3, -0.25) is 9.78 Å². The van der Waals surface area contributed by atoms with E-state index >= 15 is 0 Å². The van der Waals surface area contributed by atoms with Crippen molar-refractivity contribution in [3.05, 3.63) is 88.2 Å². The van der Waals surface area contributed by atoms with Crippen molar-refractivity contribution >= 4 is 23.7 Å². The number of aryl methyl sites for hydroxylation is 1. The lowest BCUT2D eigenvalue weighted by Crippen LogP contribution is -2.17. The molecule has 0 aliphatic rings. The number of hydrazone groups is 1. The molecule has 0 aliphatic heterocycles. The van der Waals surface area contributed by atoms with Crippen molar-refractivity contribution in [2.24, 2.45) is 5.10 Å². The van der Waals surface area contributed by atoms with Crippen LogP contribution in [0.15, 0.2) is 66.0 Å². The predicted octanol–water partition coefficient (Wildman–Crippen LogP) is 4.79. The molecule has 0 spiro atoms. The number of aromatic nitrogens is 1. The Hall–Kier alpha value is -3.38. The summed E-state index contributed by atoms with van der Waals surface area (Å²) in [5.74, 6) is 0.656. The Bertz CT molecular complexity index is 1040. The van der Waals surface area contributed by atoms with Gasteiger partial charge < -0.3 is 9.47 Å². The first-order valence-corrected chi connectivity index (χ1v) is 9.83. The lowest BCUT2D eigenvalue weighted by Gasteiger charge is -2.15. The quantitative estimate of drug-likeness (QED) is 0.418. The molecule has 0 fully saturated rings. The second-order valence-corrected chi connectivity index (χ2v) is 6.82. The third-order valence-electron chi connectivity index (χ3n) is 4.29. The fraction of sp³-hybridized carbons (Fsp3) is 0.174. The molecule has 1 heterocycles. The molecule has 3 rings (SSSR count). The minimum absolute atomic E-state index is 0.331. The molecular formula is C23H22ClN3O3. The second kappa shape index (κ2) is 10.4. The van der Waals surface area contributed by atoms with E-state index in [1.54, 1.807) is 36.7 Å². The van der Waals surface area contributed by atoms with Crippen LogP contribution in [0.5, 0.6) is 11.5 Å². The minimum Gasteiger partial charge on any atom is -0.490 e. The molecule has 0 saturated heterocycles. The van der Waals surface area contributed by atoms with E-state index in [1.165, 1.54) is 6.21 Å². The molecule has 0 bridgehead atoms. The number of hydrogen-bond donors (Lipinski definition) is 1. The van der Waals surface area contributed by atoms with Crippen molar-refractivity contribution in [3.8, 4) is 11.5 Å². The fourth-order valence-electron chi connectivity index (χ4n) is 2.72. The van der Waals surface area contributed by atoms with E-state index < -0.39 is 0 Å². The van der Waals surface area contributed by atoms with Crippen LogP contribution < -0.4 is 14.9 Å². The first-order valence-electron chi connectivity index (χ1n) is 9.45. The van der Waals surface area contributed by atoms with E-state index in [4.69, 9.17) is 21.1 Å². The number of benzene rings is 2. The summed E-state index contributed by atoms with van der Waals surface area (Å²) >= 11 is 6.45. The average molecular weight is 424 g/mol. The van der Waals surface area contributed by atoms with E-state index in [-0.39, 0.29) is 5.91 Å². The number of pyridine rings is 1. The van der Waals surface area contributed by atoms with Crippen LogP contribution >= 0.6 is 11.6 Å². The average Bonchev–Trinajstić information content (AvgIpc) is 2.75. The summed E-state index contributed by atoms with van der Waals surface area (Å²) in [6, 6.07) is 14.7. The lowest BCUT2D eigenvalue weighted by atomic mass is 10.1. The molecule has 0 unspecified atom stereocenters. The van der Waals surface area contributed by atoms with Gasteiger partial charge >= 0.3 is 0 Å². The molecule has 2 aromatic carbocycles. The minimum atomic E-state index is -0.331. The third-order valence-corrected chi connectivity index (χ3v) is 4.57. The topological polar surface area (TPSA) is 72.8 Å². The smallest absolute Gasteiger partial charge is 0.271 e. The third kappa shape index (κ3) is 5.58. The summed E-state index contributed by atoms with van der Waals surface area (Å²) in [7, 11) is 0. The van der Waals surface area contributed by atoms with Crippen LogP contribution in [-0.2, 0) is 6.61 Å². The van der Waals surface area contributed by atoms with E-state index in [2.05, 4.69) is 15.5 Å². The van der Waals surface area contributed by atoms with Gasteiger partial charge in [0, 0.05) is 18.0 Å². The van der Waals surface area contributed by atoms with Crippen LogP contribution in [0.2, 0.25) is 5.02 Å². The maximum atomic E-state index is 12.0. The van der Waals surface area contributed by atoms with Crippen molar-refractivity contribution in [2.75, 3.05) is 6.61 Å². The Labute approximate surface area is 180 Å². The van der Waals surface area contributed by atoms with E-state index in [0.29, 0.717) is 40.9 Å². The van der Waals surface area contributed by atoms with Crippen molar-refractivity contribution in [1.82, 2.24) is 10.4 Å². The number of amides is 1. The zero-order chi connectivity index (χ0) is 21.3. The van der Waals surface area contributed by atoms with Crippen molar-refractivity contribution < 1.29 is 14.3 Å². The Morgan fingerprint density at radius 1 is 1.17 bits per heavy atom. The van der Waals surface area contributed by atoms with Crippen LogP contribution in [-0.4, -0.2) is 23.7 Å². The number of carbonyl (C=O) groups is 1.